The largest absolute Gasteiger partial charge is 0.489 e. The molecule has 0 radical (unpaired) electrons. The summed E-state index contributed by atoms with van der Waals surface area (Å²) in [6.45, 7) is 1.97. The molecule has 0 bridgehead atoms. The van der Waals surface area contributed by atoms with Crippen LogP contribution in [0.3, 0.4) is 0 Å². The van der Waals surface area contributed by atoms with Crippen molar-refractivity contribution in [3.8, 4) is 5.75 Å². The van der Waals surface area contributed by atoms with Crippen LogP contribution in [0.15, 0.2) is 54.6 Å². The van der Waals surface area contributed by atoms with Crippen molar-refractivity contribution >= 4 is 5.97 Å². The smallest absolute Gasteiger partial charge is 0.310 e. The highest BCUT2D eigenvalue weighted by molar-refractivity contribution is 5.74. The van der Waals surface area contributed by atoms with Gasteiger partial charge in [0.2, 0.25) is 0 Å². The zero-order valence-electron chi connectivity index (χ0n) is 13.2. The van der Waals surface area contributed by atoms with E-state index in [9.17, 15) is 4.79 Å². The van der Waals surface area contributed by atoms with Crippen LogP contribution in [0.25, 0.3) is 0 Å². The first-order valence-corrected chi connectivity index (χ1v) is 7.83. The molecule has 0 saturated carbocycles. The summed E-state index contributed by atoms with van der Waals surface area (Å²) in [7, 11) is 1.44. The Labute approximate surface area is 136 Å². The second-order valence-electron chi connectivity index (χ2n) is 5.74. The van der Waals surface area contributed by atoms with Gasteiger partial charge in [-0.15, -0.1) is 0 Å². The lowest BCUT2D eigenvalue weighted by atomic mass is 9.89. The summed E-state index contributed by atoms with van der Waals surface area (Å²) in [6.07, 6.45) is 0. The number of benzene rings is 2. The van der Waals surface area contributed by atoms with E-state index in [0.29, 0.717) is 13.2 Å². The number of methoxy groups -OCH3 is 1. The SMILES string of the molecule is COC(=O)[C@H]1CNC[C@H]1c1cccc(OCc2ccccc2)c1. The molecule has 3 rings (SSSR count). The second-order valence-corrected chi connectivity index (χ2v) is 5.74. The molecular formula is C19H21NO3. The summed E-state index contributed by atoms with van der Waals surface area (Å²) in [4.78, 5) is 11.9. The van der Waals surface area contributed by atoms with Crippen LogP contribution in [-0.2, 0) is 16.1 Å². The lowest BCUT2D eigenvalue weighted by Crippen LogP contribution is -2.22. The predicted octanol–water partition coefficient (Wildman–Crippen LogP) is 2.74. The first kappa shape index (κ1) is 15.6. The van der Waals surface area contributed by atoms with Crippen molar-refractivity contribution in [1.29, 1.82) is 0 Å². The lowest BCUT2D eigenvalue weighted by Gasteiger charge is -2.17. The number of nitrogens with one attached hydrogen (secondary N) is 1. The van der Waals surface area contributed by atoms with Gasteiger partial charge in [-0.3, -0.25) is 4.79 Å². The van der Waals surface area contributed by atoms with Crippen molar-refractivity contribution in [1.82, 2.24) is 5.32 Å². The molecule has 1 N–H and O–H groups in total. The summed E-state index contributed by atoms with van der Waals surface area (Å²) >= 11 is 0. The summed E-state index contributed by atoms with van der Waals surface area (Å²) in [5.41, 5.74) is 2.24. The number of ether oxygens (including phenoxy) is 2. The molecule has 2 aromatic rings. The minimum atomic E-state index is -0.157. The average Bonchev–Trinajstić information content (AvgIpc) is 3.10. The molecule has 1 aliphatic rings. The Kier molecular flexibility index (Phi) is 4.93. The van der Waals surface area contributed by atoms with E-state index in [1.807, 2.05) is 54.6 Å². The van der Waals surface area contributed by atoms with E-state index in [4.69, 9.17) is 9.47 Å². The van der Waals surface area contributed by atoms with Crippen LogP contribution in [0, 0.1) is 5.92 Å². The number of carbonyl (C=O) groups is 1. The Balaban J connectivity index is 1.71. The summed E-state index contributed by atoms with van der Waals surface area (Å²) in [5.74, 6) is 0.657. The third-order valence-electron chi connectivity index (χ3n) is 4.25. The van der Waals surface area contributed by atoms with Crippen molar-refractivity contribution in [2.45, 2.75) is 12.5 Å². The monoisotopic (exact) mass is 311 g/mol. The topological polar surface area (TPSA) is 47.6 Å². The molecule has 4 heteroatoms. The summed E-state index contributed by atoms with van der Waals surface area (Å²) < 4.78 is 10.8. The minimum absolute atomic E-state index is 0.128. The fourth-order valence-electron chi connectivity index (χ4n) is 3.00. The fourth-order valence-corrected chi connectivity index (χ4v) is 3.00. The van der Waals surface area contributed by atoms with E-state index in [1.54, 1.807) is 0 Å². The first-order chi connectivity index (χ1) is 11.3. The van der Waals surface area contributed by atoms with Crippen LogP contribution in [-0.4, -0.2) is 26.2 Å². The molecule has 0 amide bonds. The van der Waals surface area contributed by atoms with Gasteiger partial charge in [0.25, 0.3) is 0 Å². The molecule has 120 valence electrons. The Hall–Kier alpha value is -2.33. The van der Waals surface area contributed by atoms with Gasteiger partial charge >= 0.3 is 5.97 Å². The summed E-state index contributed by atoms with van der Waals surface area (Å²) in [5, 5.41) is 3.27. The Morgan fingerprint density at radius 3 is 2.74 bits per heavy atom. The second kappa shape index (κ2) is 7.29. The van der Waals surface area contributed by atoms with Gasteiger partial charge in [0, 0.05) is 19.0 Å². The fraction of sp³-hybridized carbons (Fsp3) is 0.316. The van der Waals surface area contributed by atoms with Crippen molar-refractivity contribution in [3.05, 3.63) is 65.7 Å². The maximum atomic E-state index is 11.9. The van der Waals surface area contributed by atoms with Crippen molar-refractivity contribution < 1.29 is 14.3 Å². The van der Waals surface area contributed by atoms with Crippen molar-refractivity contribution in [2.75, 3.05) is 20.2 Å². The Bertz CT molecular complexity index is 657. The van der Waals surface area contributed by atoms with Crippen LogP contribution in [0.1, 0.15) is 17.0 Å². The van der Waals surface area contributed by atoms with Crippen LogP contribution >= 0.6 is 0 Å². The quantitative estimate of drug-likeness (QED) is 0.863. The van der Waals surface area contributed by atoms with Gasteiger partial charge in [-0.1, -0.05) is 42.5 Å². The highest BCUT2D eigenvalue weighted by atomic mass is 16.5. The zero-order valence-corrected chi connectivity index (χ0v) is 13.2. The third-order valence-corrected chi connectivity index (χ3v) is 4.25. The molecule has 2 aromatic carbocycles. The molecule has 4 nitrogen and oxygen atoms in total. The van der Waals surface area contributed by atoms with Crippen LogP contribution in [0.2, 0.25) is 0 Å². The van der Waals surface area contributed by atoms with Gasteiger partial charge in [-0.05, 0) is 23.3 Å². The van der Waals surface area contributed by atoms with E-state index in [1.165, 1.54) is 7.11 Å². The number of carbonyl (C=O) groups excluding carboxylic acids is 1. The Morgan fingerprint density at radius 2 is 1.96 bits per heavy atom. The third kappa shape index (κ3) is 3.71. The molecule has 1 aliphatic heterocycles. The number of esters is 1. The molecule has 23 heavy (non-hydrogen) atoms. The molecule has 1 fully saturated rings. The van der Waals surface area contributed by atoms with E-state index in [-0.39, 0.29) is 17.8 Å². The maximum Gasteiger partial charge on any atom is 0.310 e. The van der Waals surface area contributed by atoms with E-state index in [0.717, 1.165) is 23.4 Å². The average molecular weight is 311 g/mol. The van der Waals surface area contributed by atoms with Crippen LogP contribution in [0.5, 0.6) is 5.75 Å². The predicted molar refractivity (Wildman–Crippen MR) is 88.3 cm³/mol. The molecule has 0 spiro atoms. The van der Waals surface area contributed by atoms with E-state index >= 15 is 0 Å². The molecule has 0 unspecified atom stereocenters. The first-order valence-electron chi connectivity index (χ1n) is 7.83. The molecule has 0 aromatic heterocycles. The number of rotatable bonds is 5. The van der Waals surface area contributed by atoms with Gasteiger partial charge in [0.15, 0.2) is 0 Å². The highest BCUT2D eigenvalue weighted by Gasteiger charge is 2.34. The maximum absolute atomic E-state index is 11.9. The molecule has 1 heterocycles. The minimum Gasteiger partial charge on any atom is -0.489 e. The standard InChI is InChI=1S/C19H21NO3/c1-22-19(21)18-12-20-11-17(18)15-8-5-9-16(10-15)23-13-14-6-3-2-4-7-14/h2-10,17-18,20H,11-13H2,1H3/t17-,18-/m0/s1. The normalized spacial score (nSPS) is 20.2. The Morgan fingerprint density at radius 1 is 1.13 bits per heavy atom. The van der Waals surface area contributed by atoms with Gasteiger partial charge in [-0.25, -0.2) is 0 Å². The summed E-state index contributed by atoms with van der Waals surface area (Å²) in [6, 6.07) is 18.1. The highest BCUT2D eigenvalue weighted by Crippen LogP contribution is 2.31. The van der Waals surface area contributed by atoms with Crippen LogP contribution < -0.4 is 10.1 Å². The van der Waals surface area contributed by atoms with Gasteiger partial charge in [-0.2, -0.15) is 0 Å². The van der Waals surface area contributed by atoms with E-state index < -0.39 is 0 Å². The zero-order chi connectivity index (χ0) is 16.1. The number of hydrogen-bond donors (Lipinski definition) is 1. The van der Waals surface area contributed by atoms with Crippen LogP contribution in [0.4, 0.5) is 0 Å². The van der Waals surface area contributed by atoms with Gasteiger partial charge < -0.3 is 14.8 Å². The van der Waals surface area contributed by atoms with Gasteiger partial charge in [0.1, 0.15) is 12.4 Å². The lowest BCUT2D eigenvalue weighted by molar-refractivity contribution is -0.145. The van der Waals surface area contributed by atoms with E-state index in [2.05, 4.69) is 5.32 Å². The molecule has 0 aliphatic carbocycles. The molecular weight excluding hydrogens is 290 g/mol. The van der Waals surface area contributed by atoms with Gasteiger partial charge in [0.05, 0.1) is 13.0 Å². The number of hydrogen-bond acceptors (Lipinski definition) is 4. The van der Waals surface area contributed by atoms with Crippen molar-refractivity contribution in [3.63, 3.8) is 0 Å². The molecule has 2 atom stereocenters. The van der Waals surface area contributed by atoms with Crippen molar-refractivity contribution in [2.24, 2.45) is 5.92 Å². The molecule has 1 saturated heterocycles.